The van der Waals surface area contributed by atoms with Crippen LogP contribution in [0.4, 0.5) is 5.69 Å². The second-order valence-corrected chi connectivity index (χ2v) is 6.50. The van der Waals surface area contributed by atoms with Crippen LogP contribution >= 0.6 is 0 Å². The average Bonchev–Trinajstić information content (AvgIpc) is 2.64. The molecule has 0 bridgehead atoms. The summed E-state index contributed by atoms with van der Waals surface area (Å²) in [6.45, 7) is 3.61. The summed E-state index contributed by atoms with van der Waals surface area (Å²) in [7, 11) is -1.62. The zero-order chi connectivity index (χ0) is 14.8. The molecule has 2 heterocycles. The minimum Gasteiger partial charge on any atom is -0.280 e. The van der Waals surface area contributed by atoms with Gasteiger partial charge in [-0.25, -0.2) is 8.42 Å². The van der Waals surface area contributed by atoms with Crippen molar-refractivity contribution in [1.82, 2.24) is 14.8 Å². The van der Waals surface area contributed by atoms with Crippen LogP contribution in [0.5, 0.6) is 0 Å². The molecule has 0 fully saturated rings. The highest BCUT2D eigenvalue weighted by atomic mass is 32.2. The van der Waals surface area contributed by atoms with Gasteiger partial charge in [0, 0.05) is 25.4 Å². The minimum atomic E-state index is -3.41. The Bertz CT molecular complexity index is 693. The van der Waals surface area contributed by atoms with E-state index in [1.807, 2.05) is 19.1 Å². The molecular weight excluding hydrogens is 276 g/mol. The van der Waals surface area contributed by atoms with Crippen molar-refractivity contribution in [2.24, 2.45) is 7.05 Å². The summed E-state index contributed by atoms with van der Waals surface area (Å²) in [5.41, 5.74) is 2.79. The number of nitrogens with zero attached hydrogens (tertiary/aromatic N) is 3. The van der Waals surface area contributed by atoms with Gasteiger partial charge in [-0.1, -0.05) is 6.07 Å². The number of aromatic nitrogens is 3. The van der Waals surface area contributed by atoms with Gasteiger partial charge in [-0.05, 0) is 26.0 Å². The summed E-state index contributed by atoms with van der Waals surface area (Å²) >= 11 is 0. The third-order valence-electron chi connectivity index (χ3n) is 3.12. The van der Waals surface area contributed by atoms with E-state index in [4.69, 9.17) is 0 Å². The van der Waals surface area contributed by atoms with Crippen LogP contribution in [-0.2, 0) is 23.5 Å². The molecule has 0 aliphatic carbocycles. The Hall–Kier alpha value is -1.89. The number of hydrogen-bond donors (Lipinski definition) is 1. The molecular formula is C13H18N4O2S. The van der Waals surface area contributed by atoms with Gasteiger partial charge in [-0.2, -0.15) is 5.10 Å². The predicted octanol–water partition coefficient (Wildman–Crippen LogP) is 1.42. The van der Waals surface area contributed by atoms with Crippen molar-refractivity contribution < 1.29 is 8.42 Å². The van der Waals surface area contributed by atoms with E-state index in [0.717, 1.165) is 11.4 Å². The number of aryl methyl sites for hydroxylation is 3. The summed E-state index contributed by atoms with van der Waals surface area (Å²) in [5, 5.41) is 4.19. The van der Waals surface area contributed by atoms with Crippen LogP contribution < -0.4 is 4.72 Å². The normalized spacial score (nSPS) is 11.6. The Morgan fingerprint density at radius 1 is 1.30 bits per heavy atom. The molecule has 20 heavy (non-hydrogen) atoms. The third-order valence-corrected chi connectivity index (χ3v) is 4.38. The molecule has 0 radical (unpaired) electrons. The first-order chi connectivity index (χ1) is 9.39. The molecule has 6 nitrogen and oxygen atoms in total. The van der Waals surface area contributed by atoms with Gasteiger partial charge in [0.15, 0.2) is 0 Å². The van der Waals surface area contributed by atoms with Gasteiger partial charge in [-0.3, -0.25) is 14.4 Å². The first-order valence-corrected chi connectivity index (χ1v) is 7.95. The Labute approximate surface area is 118 Å². The fraction of sp³-hybridized carbons (Fsp3) is 0.385. The van der Waals surface area contributed by atoms with Crippen molar-refractivity contribution in [2.45, 2.75) is 20.3 Å². The van der Waals surface area contributed by atoms with E-state index in [1.54, 1.807) is 30.9 Å². The maximum atomic E-state index is 12.1. The standard InChI is InChI=1S/C13H18N4O2S/c1-10-13(11(2)17(3)15-10)16-20(18,19)9-7-12-6-4-5-8-14-12/h4-6,8,16H,7,9H2,1-3H3. The highest BCUT2D eigenvalue weighted by Gasteiger charge is 2.17. The monoisotopic (exact) mass is 294 g/mol. The number of hydrogen-bond acceptors (Lipinski definition) is 4. The Morgan fingerprint density at radius 3 is 2.60 bits per heavy atom. The van der Waals surface area contributed by atoms with Crippen LogP contribution in [0.3, 0.4) is 0 Å². The lowest BCUT2D eigenvalue weighted by Crippen LogP contribution is -2.19. The maximum absolute atomic E-state index is 12.1. The molecule has 7 heteroatoms. The molecule has 0 saturated heterocycles. The molecule has 0 atom stereocenters. The molecule has 2 aromatic heterocycles. The van der Waals surface area contributed by atoms with Crippen molar-refractivity contribution >= 4 is 15.7 Å². The Balaban J connectivity index is 2.08. The van der Waals surface area contributed by atoms with Crippen LogP contribution in [0, 0.1) is 13.8 Å². The number of nitrogens with one attached hydrogen (secondary N) is 1. The van der Waals surface area contributed by atoms with E-state index in [-0.39, 0.29) is 5.75 Å². The second kappa shape index (κ2) is 5.62. The van der Waals surface area contributed by atoms with Gasteiger partial charge < -0.3 is 0 Å². The van der Waals surface area contributed by atoms with Gasteiger partial charge in [-0.15, -0.1) is 0 Å². The highest BCUT2D eigenvalue weighted by molar-refractivity contribution is 7.92. The molecule has 0 saturated carbocycles. The fourth-order valence-corrected chi connectivity index (χ4v) is 3.10. The van der Waals surface area contributed by atoms with Crippen LogP contribution in [0.2, 0.25) is 0 Å². The van der Waals surface area contributed by atoms with Gasteiger partial charge in [0.25, 0.3) is 0 Å². The Kier molecular flexibility index (Phi) is 4.08. The Morgan fingerprint density at radius 2 is 2.05 bits per heavy atom. The third kappa shape index (κ3) is 3.36. The molecule has 2 aromatic rings. The summed E-state index contributed by atoms with van der Waals surface area (Å²) in [6, 6.07) is 5.46. The molecule has 108 valence electrons. The van der Waals surface area contributed by atoms with Crippen molar-refractivity contribution in [1.29, 1.82) is 0 Å². The summed E-state index contributed by atoms with van der Waals surface area (Å²) in [6.07, 6.45) is 2.04. The maximum Gasteiger partial charge on any atom is 0.233 e. The quantitative estimate of drug-likeness (QED) is 0.904. The molecule has 0 amide bonds. The van der Waals surface area contributed by atoms with Gasteiger partial charge >= 0.3 is 0 Å². The molecule has 1 N–H and O–H groups in total. The van der Waals surface area contributed by atoms with Crippen molar-refractivity contribution in [3.8, 4) is 0 Å². The van der Waals surface area contributed by atoms with E-state index >= 15 is 0 Å². The van der Waals surface area contributed by atoms with Crippen LogP contribution in [0.15, 0.2) is 24.4 Å². The molecule has 0 aliphatic heterocycles. The summed E-state index contributed by atoms with van der Waals surface area (Å²) < 4.78 is 28.5. The highest BCUT2D eigenvalue weighted by Crippen LogP contribution is 2.19. The zero-order valence-electron chi connectivity index (χ0n) is 11.8. The minimum absolute atomic E-state index is 0.00219. The first kappa shape index (κ1) is 14.5. The van der Waals surface area contributed by atoms with E-state index in [2.05, 4.69) is 14.8 Å². The lowest BCUT2D eigenvalue weighted by Gasteiger charge is -2.08. The molecule has 0 aliphatic rings. The second-order valence-electron chi connectivity index (χ2n) is 4.66. The fourth-order valence-electron chi connectivity index (χ4n) is 1.91. The van der Waals surface area contributed by atoms with Gasteiger partial charge in [0.2, 0.25) is 10.0 Å². The number of anilines is 1. The van der Waals surface area contributed by atoms with Gasteiger partial charge in [0.1, 0.15) is 0 Å². The molecule has 2 rings (SSSR count). The SMILES string of the molecule is Cc1nn(C)c(C)c1NS(=O)(=O)CCc1ccccn1. The lowest BCUT2D eigenvalue weighted by atomic mass is 10.3. The van der Waals surface area contributed by atoms with Crippen LogP contribution in [0.1, 0.15) is 17.1 Å². The average molecular weight is 294 g/mol. The topological polar surface area (TPSA) is 76.9 Å². The van der Waals surface area contributed by atoms with Gasteiger partial charge in [0.05, 0.1) is 22.8 Å². The molecule has 0 spiro atoms. The van der Waals surface area contributed by atoms with E-state index in [9.17, 15) is 8.42 Å². The molecule has 0 unspecified atom stereocenters. The predicted molar refractivity (Wildman–Crippen MR) is 78.0 cm³/mol. The van der Waals surface area contributed by atoms with Crippen LogP contribution in [-0.4, -0.2) is 28.9 Å². The molecule has 0 aromatic carbocycles. The summed E-state index contributed by atoms with van der Waals surface area (Å²) in [4.78, 5) is 4.12. The van der Waals surface area contributed by atoms with Crippen LogP contribution in [0.25, 0.3) is 0 Å². The first-order valence-electron chi connectivity index (χ1n) is 6.29. The van der Waals surface area contributed by atoms with E-state index in [0.29, 0.717) is 17.8 Å². The van der Waals surface area contributed by atoms with Crippen molar-refractivity contribution in [3.63, 3.8) is 0 Å². The summed E-state index contributed by atoms with van der Waals surface area (Å²) in [5.74, 6) is -0.00219. The largest absolute Gasteiger partial charge is 0.280 e. The number of rotatable bonds is 5. The van der Waals surface area contributed by atoms with E-state index in [1.165, 1.54) is 0 Å². The smallest absolute Gasteiger partial charge is 0.233 e. The lowest BCUT2D eigenvalue weighted by molar-refractivity contribution is 0.600. The van der Waals surface area contributed by atoms with Crippen molar-refractivity contribution in [3.05, 3.63) is 41.5 Å². The van der Waals surface area contributed by atoms with Crippen molar-refractivity contribution in [2.75, 3.05) is 10.5 Å². The number of sulfonamides is 1. The van der Waals surface area contributed by atoms with E-state index < -0.39 is 10.0 Å². The zero-order valence-corrected chi connectivity index (χ0v) is 12.6. The number of pyridine rings is 1.